The average molecular weight is 460 g/mol. The zero-order chi connectivity index (χ0) is 21.3. The van der Waals surface area contributed by atoms with Crippen molar-refractivity contribution in [2.24, 2.45) is 0 Å². The van der Waals surface area contributed by atoms with Crippen LogP contribution in [0.4, 0.5) is 0 Å². The first-order valence-corrected chi connectivity index (χ1v) is 6.26. The van der Waals surface area contributed by atoms with E-state index in [1.54, 1.807) is 0 Å². The van der Waals surface area contributed by atoms with Gasteiger partial charge in [0.15, 0.2) is 5.60 Å². The SMILES string of the molecule is O=C([O-])CC(O)(CC(=O)O)C(=O)O.O=C([O-])CC(O)(CC(=O)[O-])C(=O)[O-].[Ca+2].[Ca+2]. The molecule has 0 rings (SSSR count). The van der Waals surface area contributed by atoms with Gasteiger partial charge in [-0.15, -0.1) is 0 Å². The molecule has 28 heavy (non-hydrogen) atoms. The molecular formula is C12H12Ca2O14. The zero-order valence-corrected chi connectivity index (χ0v) is 18.5. The van der Waals surface area contributed by atoms with Crippen LogP contribution in [0.3, 0.4) is 0 Å². The molecule has 4 N–H and O–H groups in total. The van der Waals surface area contributed by atoms with Gasteiger partial charge in [-0.25, -0.2) is 4.79 Å². The summed E-state index contributed by atoms with van der Waals surface area (Å²) in [5.41, 5.74) is -5.78. The van der Waals surface area contributed by atoms with E-state index in [4.69, 9.17) is 20.4 Å². The molecule has 148 valence electrons. The molecule has 0 aromatic rings. The van der Waals surface area contributed by atoms with E-state index >= 15 is 0 Å². The van der Waals surface area contributed by atoms with Gasteiger partial charge >= 0.3 is 87.4 Å². The van der Waals surface area contributed by atoms with Crippen LogP contribution in [0.1, 0.15) is 25.7 Å². The van der Waals surface area contributed by atoms with E-state index in [-0.39, 0.29) is 75.5 Å². The van der Waals surface area contributed by atoms with Crippen LogP contribution in [-0.2, 0) is 28.8 Å². The van der Waals surface area contributed by atoms with Gasteiger partial charge < -0.3 is 60.0 Å². The smallest absolute Gasteiger partial charge is 0.550 e. The number of aliphatic carboxylic acids is 6. The number of carboxylic acid groups (broad SMARTS) is 6. The quantitative estimate of drug-likeness (QED) is 0.220. The molecular weight excluding hydrogens is 448 g/mol. The minimum absolute atomic E-state index is 0. The van der Waals surface area contributed by atoms with Crippen LogP contribution in [0.15, 0.2) is 0 Å². The van der Waals surface area contributed by atoms with Crippen molar-refractivity contribution in [3.63, 3.8) is 0 Å². The summed E-state index contributed by atoms with van der Waals surface area (Å²) in [4.78, 5) is 60.3. The van der Waals surface area contributed by atoms with Gasteiger partial charge in [0.1, 0.15) is 5.60 Å². The maximum Gasteiger partial charge on any atom is 2.00 e. The van der Waals surface area contributed by atoms with Crippen molar-refractivity contribution in [1.29, 1.82) is 0 Å². The molecule has 1 unspecified atom stereocenters. The van der Waals surface area contributed by atoms with Crippen LogP contribution in [0.25, 0.3) is 0 Å². The van der Waals surface area contributed by atoms with E-state index < -0.39 is 72.7 Å². The number of carboxylic acids is 6. The van der Waals surface area contributed by atoms with Crippen molar-refractivity contribution in [3.8, 4) is 0 Å². The third-order valence-corrected chi connectivity index (χ3v) is 2.53. The number of carbonyl (C=O) groups excluding carboxylic acids is 4. The summed E-state index contributed by atoms with van der Waals surface area (Å²) in [6.07, 6.45) is -5.16. The van der Waals surface area contributed by atoms with Crippen molar-refractivity contribution in [1.82, 2.24) is 0 Å². The maximum atomic E-state index is 10.3. The first kappa shape index (κ1) is 34.7. The Hall–Kier alpha value is -0.741. The van der Waals surface area contributed by atoms with Gasteiger partial charge in [-0.1, -0.05) is 0 Å². The van der Waals surface area contributed by atoms with Crippen molar-refractivity contribution < 1.29 is 69.6 Å². The van der Waals surface area contributed by atoms with Crippen LogP contribution in [0.5, 0.6) is 0 Å². The average Bonchev–Trinajstić information content (AvgIpc) is 2.34. The summed E-state index contributed by atoms with van der Waals surface area (Å²) in [5.74, 6) is -11.3. The summed E-state index contributed by atoms with van der Waals surface area (Å²) >= 11 is 0. The van der Waals surface area contributed by atoms with Gasteiger partial charge in [0.2, 0.25) is 0 Å². The first-order valence-electron chi connectivity index (χ1n) is 6.26. The Kier molecular flexibility index (Phi) is 18.8. The molecule has 0 aromatic heterocycles. The van der Waals surface area contributed by atoms with Crippen molar-refractivity contribution in [3.05, 3.63) is 0 Å². The van der Waals surface area contributed by atoms with Crippen LogP contribution < -0.4 is 20.4 Å². The van der Waals surface area contributed by atoms with E-state index in [0.717, 1.165) is 0 Å². The molecule has 0 amide bonds. The van der Waals surface area contributed by atoms with Crippen LogP contribution in [-0.4, -0.2) is 143 Å². The molecule has 16 heteroatoms. The molecule has 0 bridgehead atoms. The molecule has 0 heterocycles. The fraction of sp³-hybridized carbons (Fsp3) is 0.500. The molecule has 0 aliphatic heterocycles. The standard InChI is InChI=1S/2C6H8O7.2Ca/c2*7-3(8)1-6(13,5(11)12)2-4(9)10;;/h2*13H,1-2H2,(H,7,8)(H,9,10)(H,11,12);;/q;;2*+2/p-4. The molecule has 0 saturated heterocycles. The Balaban J connectivity index is -0.000000192. The Morgan fingerprint density at radius 2 is 0.893 bits per heavy atom. The summed E-state index contributed by atoms with van der Waals surface area (Å²) in [7, 11) is 0. The largest absolute Gasteiger partial charge is 2.00 e. The summed E-state index contributed by atoms with van der Waals surface area (Å²) in [5, 5.41) is 74.4. The number of rotatable bonds is 10. The minimum atomic E-state index is -2.97. The second-order valence-corrected chi connectivity index (χ2v) is 4.87. The van der Waals surface area contributed by atoms with E-state index in [9.17, 15) is 49.2 Å². The Morgan fingerprint density at radius 3 is 1.07 bits per heavy atom. The van der Waals surface area contributed by atoms with Crippen LogP contribution >= 0.6 is 0 Å². The zero-order valence-electron chi connectivity index (χ0n) is 14.1. The van der Waals surface area contributed by atoms with E-state index in [1.165, 1.54) is 0 Å². The van der Waals surface area contributed by atoms with Gasteiger partial charge in [-0.05, 0) is 0 Å². The second kappa shape index (κ2) is 15.1. The van der Waals surface area contributed by atoms with Gasteiger partial charge in [-0.3, -0.25) is 4.79 Å². The van der Waals surface area contributed by atoms with E-state index in [2.05, 4.69) is 0 Å². The first-order chi connectivity index (χ1) is 11.6. The second-order valence-electron chi connectivity index (χ2n) is 4.87. The normalized spacial score (nSPS) is 11.8. The number of hydrogen-bond donors (Lipinski definition) is 4. The van der Waals surface area contributed by atoms with Gasteiger partial charge in [0.05, 0.1) is 12.4 Å². The van der Waals surface area contributed by atoms with Gasteiger partial charge in [0, 0.05) is 37.2 Å². The summed E-state index contributed by atoms with van der Waals surface area (Å²) < 4.78 is 0. The Labute approximate surface area is 215 Å². The third-order valence-electron chi connectivity index (χ3n) is 2.53. The predicted octanol–water partition coefficient (Wildman–Crippen LogP) is -8.60. The topological polar surface area (TPSA) is 276 Å². The molecule has 14 nitrogen and oxygen atoms in total. The number of aliphatic hydroxyl groups is 2. The number of hydrogen-bond acceptors (Lipinski definition) is 12. The number of carbonyl (C=O) groups is 6. The van der Waals surface area contributed by atoms with Gasteiger partial charge in [-0.2, -0.15) is 0 Å². The molecule has 0 aliphatic carbocycles. The van der Waals surface area contributed by atoms with Crippen molar-refractivity contribution in [2.75, 3.05) is 0 Å². The van der Waals surface area contributed by atoms with Gasteiger partial charge in [0.25, 0.3) is 0 Å². The predicted molar refractivity (Wildman–Crippen MR) is 75.2 cm³/mol. The molecule has 0 aliphatic rings. The maximum absolute atomic E-state index is 10.3. The van der Waals surface area contributed by atoms with E-state index in [0.29, 0.717) is 0 Å². The van der Waals surface area contributed by atoms with E-state index in [1.807, 2.05) is 0 Å². The Bertz CT molecular complexity index is 517. The third kappa shape index (κ3) is 15.2. The minimum Gasteiger partial charge on any atom is -0.550 e. The Morgan fingerprint density at radius 1 is 0.607 bits per heavy atom. The summed E-state index contributed by atoms with van der Waals surface area (Å²) in [6.45, 7) is 0. The molecule has 0 spiro atoms. The molecule has 0 saturated carbocycles. The van der Waals surface area contributed by atoms with Crippen molar-refractivity contribution in [2.45, 2.75) is 36.9 Å². The monoisotopic (exact) mass is 460 g/mol. The molecule has 0 radical (unpaired) electrons. The molecule has 0 aromatic carbocycles. The molecule has 0 fully saturated rings. The summed E-state index contributed by atoms with van der Waals surface area (Å²) in [6, 6.07) is 0. The fourth-order valence-corrected chi connectivity index (χ4v) is 1.39. The van der Waals surface area contributed by atoms with Crippen molar-refractivity contribution >= 4 is 111 Å². The molecule has 1 atom stereocenters. The van der Waals surface area contributed by atoms with Crippen LogP contribution in [0.2, 0.25) is 0 Å². The van der Waals surface area contributed by atoms with Crippen LogP contribution in [0, 0.1) is 0 Å². The fourth-order valence-electron chi connectivity index (χ4n) is 1.39.